The van der Waals surface area contributed by atoms with Gasteiger partial charge in [-0.3, -0.25) is 0 Å². The van der Waals surface area contributed by atoms with E-state index < -0.39 is 0 Å². The molecule has 0 N–H and O–H groups in total. The first-order chi connectivity index (χ1) is 6.38. The van der Waals surface area contributed by atoms with Crippen LogP contribution in [-0.2, 0) is 0 Å². The van der Waals surface area contributed by atoms with Gasteiger partial charge in [0.05, 0.1) is 0 Å². The van der Waals surface area contributed by atoms with Crippen LogP contribution < -0.4 is 43.0 Å². The van der Waals surface area contributed by atoms with Gasteiger partial charge in [-0.05, 0) is 18.8 Å². The van der Waals surface area contributed by atoms with E-state index in [4.69, 9.17) is 0 Å². The Morgan fingerprint density at radius 3 is 2.13 bits per heavy atom. The van der Waals surface area contributed by atoms with Crippen molar-refractivity contribution in [2.75, 3.05) is 0 Å². The van der Waals surface area contributed by atoms with Crippen molar-refractivity contribution in [3.05, 3.63) is 29.8 Å². The molecule has 1 aromatic rings. The SMILES string of the molecule is [Li+].[Li+].[P-2]c1ccccc1C1CCCCC1. The van der Waals surface area contributed by atoms with E-state index in [9.17, 15) is 0 Å². The molecule has 2 rings (SSSR count). The molecule has 0 nitrogen and oxygen atoms in total. The molecule has 0 bridgehead atoms. The smallest absolute Gasteiger partial charge is 1.00 e. The van der Waals surface area contributed by atoms with Crippen molar-refractivity contribution in [2.45, 2.75) is 38.0 Å². The van der Waals surface area contributed by atoms with Crippen molar-refractivity contribution < 1.29 is 37.7 Å². The standard InChI is InChI=1S/C12H15P.2Li/c13-12-9-5-4-8-11(12)10-6-2-1-3-7-10;;/h4-5,8-10H,1-3,6-7H2;;/q-2;2*+1. The molecule has 0 amide bonds. The molecule has 0 aliphatic heterocycles. The molecule has 3 heteroatoms. The maximum absolute atomic E-state index is 4.51. The Kier molecular flexibility index (Phi) is 8.46. The van der Waals surface area contributed by atoms with E-state index in [2.05, 4.69) is 33.5 Å². The zero-order chi connectivity index (χ0) is 9.10. The molecule has 0 unspecified atom stereocenters. The molecule has 0 aromatic heterocycles. The third-order valence-corrected chi connectivity index (χ3v) is 3.39. The fraction of sp³-hybridized carbons (Fsp3) is 0.500. The summed E-state index contributed by atoms with van der Waals surface area (Å²) >= 11 is 0. The van der Waals surface area contributed by atoms with Gasteiger partial charge >= 0.3 is 37.7 Å². The molecule has 0 saturated heterocycles. The van der Waals surface area contributed by atoms with Crippen LogP contribution in [0.15, 0.2) is 24.3 Å². The first kappa shape index (κ1) is 15.8. The maximum atomic E-state index is 4.51. The summed E-state index contributed by atoms with van der Waals surface area (Å²) in [6.07, 6.45) is 6.93. The molecule has 1 saturated carbocycles. The zero-order valence-corrected chi connectivity index (χ0v) is 10.8. The molecule has 0 spiro atoms. The average Bonchev–Trinajstić information content (AvgIpc) is 2.20. The van der Waals surface area contributed by atoms with Crippen LogP contribution in [0, 0.1) is 0 Å². The van der Waals surface area contributed by atoms with Crippen molar-refractivity contribution in [2.24, 2.45) is 0 Å². The van der Waals surface area contributed by atoms with Crippen molar-refractivity contribution in [1.29, 1.82) is 0 Å². The maximum Gasteiger partial charge on any atom is 1.00 e. The van der Waals surface area contributed by atoms with Gasteiger partial charge in [0, 0.05) is 0 Å². The summed E-state index contributed by atoms with van der Waals surface area (Å²) in [5.74, 6) is 0.780. The Morgan fingerprint density at radius 2 is 1.53 bits per heavy atom. The van der Waals surface area contributed by atoms with Crippen LogP contribution in [-0.4, -0.2) is 0 Å². The molecule has 0 heterocycles. The molecule has 0 atom stereocenters. The van der Waals surface area contributed by atoms with Gasteiger partial charge in [-0.25, -0.2) is 0 Å². The van der Waals surface area contributed by atoms with Gasteiger partial charge in [-0.15, -0.1) is 11.6 Å². The molecule has 1 aromatic carbocycles. The Labute approximate surface area is 120 Å². The van der Waals surface area contributed by atoms with Gasteiger partial charge in [0.2, 0.25) is 0 Å². The molecular formula is C12H15Li2P. The van der Waals surface area contributed by atoms with Gasteiger partial charge in [-0.1, -0.05) is 37.5 Å². The Balaban J connectivity index is 0.000000980. The van der Waals surface area contributed by atoms with E-state index in [1.165, 1.54) is 43.0 Å². The van der Waals surface area contributed by atoms with E-state index >= 15 is 0 Å². The fourth-order valence-electron chi connectivity index (χ4n) is 2.25. The molecule has 1 aliphatic rings. The zero-order valence-electron chi connectivity index (χ0n) is 9.87. The summed E-state index contributed by atoms with van der Waals surface area (Å²) in [6, 6.07) is 8.53. The largest absolute Gasteiger partial charge is 1.45 e. The van der Waals surface area contributed by atoms with Gasteiger partial charge in [0.1, 0.15) is 0 Å². The second-order valence-electron chi connectivity index (χ2n) is 3.89. The van der Waals surface area contributed by atoms with Gasteiger partial charge in [-0.2, -0.15) is 0 Å². The van der Waals surface area contributed by atoms with Crippen LogP contribution in [0.25, 0.3) is 0 Å². The monoisotopic (exact) mass is 204 g/mol. The second-order valence-corrected chi connectivity index (χ2v) is 4.38. The summed E-state index contributed by atoms with van der Waals surface area (Å²) in [4.78, 5) is 0. The molecule has 15 heavy (non-hydrogen) atoms. The van der Waals surface area contributed by atoms with Crippen molar-refractivity contribution in [3.8, 4) is 0 Å². The van der Waals surface area contributed by atoms with Crippen LogP contribution in [0.2, 0.25) is 0 Å². The minimum atomic E-state index is 0. The number of rotatable bonds is 1. The van der Waals surface area contributed by atoms with E-state index in [1.54, 1.807) is 0 Å². The number of hydrogen-bond donors (Lipinski definition) is 0. The summed E-state index contributed by atoms with van der Waals surface area (Å²) in [7, 11) is 4.51. The van der Waals surface area contributed by atoms with Gasteiger partial charge < -0.3 is 14.5 Å². The average molecular weight is 204 g/mol. The minimum absolute atomic E-state index is 0. The van der Waals surface area contributed by atoms with E-state index in [0.29, 0.717) is 0 Å². The van der Waals surface area contributed by atoms with Gasteiger partial charge in [0.15, 0.2) is 0 Å². The molecule has 0 radical (unpaired) electrons. The summed E-state index contributed by atoms with van der Waals surface area (Å²) < 4.78 is 0. The van der Waals surface area contributed by atoms with Crippen LogP contribution in [0.3, 0.4) is 0 Å². The van der Waals surface area contributed by atoms with Crippen LogP contribution >= 0.6 is 9.24 Å². The molecule has 1 fully saturated rings. The van der Waals surface area contributed by atoms with Crippen LogP contribution in [0.1, 0.15) is 43.6 Å². The minimum Gasteiger partial charge on any atom is -1.45 e. The van der Waals surface area contributed by atoms with Crippen molar-refractivity contribution in [3.63, 3.8) is 0 Å². The molecular weight excluding hydrogens is 189 g/mol. The van der Waals surface area contributed by atoms with Crippen molar-refractivity contribution >= 4 is 14.5 Å². The summed E-state index contributed by atoms with van der Waals surface area (Å²) in [6.45, 7) is 0. The second kappa shape index (κ2) is 8.01. The first-order valence-electron chi connectivity index (χ1n) is 5.16. The molecule has 70 valence electrons. The third kappa shape index (κ3) is 4.31. The predicted molar refractivity (Wildman–Crippen MR) is 58.8 cm³/mol. The van der Waals surface area contributed by atoms with Crippen LogP contribution in [0.4, 0.5) is 0 Å². The quantitative estimate of drug-likeness (QED) is 0.359. The Morgan fingerprint density at radius 1 is 0.933 bits per heavy atom. The third-order valence-electron chi connectivity index (χ3n) is 2.98. The number of hydrogen-bond acceptors (Lipinski definition) is 0. The Hall–Kier alpha value is 0.845. The van der Waals surface area contributed by atoms with Crippen molar-refractivity contribution in [1.82, 2.24) is 0 Å². The normalized spacial score (nSPS) is 16.3. The fourth-order valence-corrected chi connectivity index (χ4v) is 2.59. The Bertz CT molecular complexity index is 283. The predicted octanol–water partition coefficient (Wildman–Crippen LogP) is -2.22. The molecule has 1 aliphatic carbocycles. The van der Waals surface area contributed by atoms with E-state index in [0.717, 1.165) is 5.92 Å². The topological polar surface area (TPSA) is 0 Å². The van der Waals surface area contributed by atoms with Gasteiger partial charge in [0.25, 0.3) is 0 Å². The summed E-state index contributed by atoms with van der Waals surface area (Å²) in [5.41, 5.74) is 1.46. The van der Waals surface area contributed by atoms with E-state index in [-0.39, 0.29) is 37.7 Å². The van der Waals surface area contributed by atoms with E-state index in [1.807, 2.05) is 0 Å². The summed E-state index contributed by atoms with van der Waals surface area (Å²) in [5, 5.41) is 1.18. The number of benzene rings is 1. The van der Waals surface area contributed by atoms with Crippen LogP contribution in [0.5, 0.6) is 0 Å². The first-order valence-corrected chi connectivity index (χ1v) is 5.60.